The van der Waals surface area contributed by atoms with Crippen LogP contribution in [0, 0.1) is 11.8 Å². The lowest BCUT2D eigenvalue weighted by Gasteiger charge is -2.50. The molecular weight excluding hydrogens is 568 g/mol. The monoisotopic (exact) mass is 604 g/mol. The summed E-state index contributed by atoms with van der Waals surface area (Å²) < 4.78 is 0. The highest BCUT2D eigenvalue weighted by atomic mass is 16.3. The number of hydrogen-bond acceptors (Lipinski definition) is 11. The van der Waals surface area contributed by atoms with Gasteiger partial charge in [-0.1, -0.05) is 30.3 Å². The number of hydrogen-bond donors (Lipinski definition) is 6. The Balaban J connectivity index is 1.57. The highest BCUT2D eigenvalue weighted by molar-refractivity contribution is 6.25. The van der Waals surface area contributed by atoms with E-state index in [0.717, 1.165) is 0 Å². The van der Waals surface area contributed by atoms with E-state index in [-0.39, 0.29) is 48.4 Å². The Morgan fingerprint density at radius 3 is 2.32 bits per heavy atom. The number of amides is 1. The number of primary amides is 1. The van der Waals surface area contributed by atoms with Crippen LogP contribution in [0.15, 0.2) is 59.1 Å². The topological polar surface area (TPSA) is 194 Å². The van der Waals surface area contributed by atoms with Crippen LogP contribution in [0.4, 0.5) is 11.4 Å². The van der Waals surface area contributed by atoms with Gasteiger partial charge in [-0.3, -0.25) is 24.1 Å². The summed E-state index contributed by atoms with van der Waals surface area (Å²) in [5.41, 5.74) is 3.36. The van der Waals surface area contributed by atoms with Gasteiger partial charge in [0.25, 0.3) is 5.91 Å². The molecule has 3 aliphatic rings. The molecule has 232 valence electrons. The molecule has 0 unspecified atom stereocenters. The number of nitrogens with one attached hydrogen (secondary N) is 1. The highest BCUT2D eigenvalue weighted by Crippen LogP contribution is 2.53. The zero-order valence-electron chi connectivity index (χ0n) is 24.9. The Hall–Kier alpha value is -4.68. The summed E-state index contributed by atoms with van der Waals surface area (Å²) in [6, 6.07) is 9.38. The molecule has 0 bridgehead atoms. The molecule has 1 amide bonds. The minimum Gasteiger partial charge on any atom is -0.510 e. The number of nitrogens with two attached hydrogens (primary N) is 1. The predicted molar refractivity (Wildman–Crippen MR) is 162 cm³/mol. The third kappa shape index (κ3) is 4.61. The third-order valence-electron chi connectivity index (χ3n) is 8.94. The second-order valence-electron chi connectivity index (χ2n) is 12.0. The summed E-state index contributed by atoms with van der Waals surface area (Å²) in [5, 5.41) is 48.6. The first-order valence-corrected chi connectivity index (χ1v) is 14.2. The van der Waals surface area contributed by atoms with Crippen molar-refractivity contribution >= 4 is 34.6 Å². The molecule has 2 aromatic rings. The van der Waals surface area contributed by atoms with E-state index in [2.05, 4.69) is 5.32 Å². The van der Waals surface area contributed by atoms with Crippen LogP contribution in [0.1, 0.15) is 39.1 Å². The van der Waals surface area contributed by atoms with E-state index in [1.54, 1.807) is 63.4 Å². The van der Waals surface area contributed by atoms with E-state index >= 15 is 0 Å². The first-order chi connectivity index (χ1) is 20.7. The van der Waals surface area contributed by atoms with Crippen molar-refractivity contribution in [2.24, 2.45) is 17.6 Å². The SMILES string of the molecule is CN(C)c1cc(NCCC(=O)c2ccccc2)c(O)c2c1C[C@H]1C[C@H]3[C@H](N(C)C)C(O)=C(C(N)=O)C(=O)[C@@]3(O)C(O)=C1C2=O. The van der Waals surface area contributed by atoms with Gasteiger partial charge in [0.05, 0.1) is 17.3 Å². The molecule has 0 heterocycles. The van der Waals surface area contributed by atoms with Crippen LogP contribution in [0.3, 0.4) is 0 Å². The Bertz CT molecular complexity index is 1640. The van der Waals surface area contributed by atoms with Crippen LogP contribution < -0.4 is 16.0 Å². The first-order valence-electron chi connectivity index (χ1n) is 14.2. The lowest BCUT2D eigenvalue weighted by molar-refractivity contribution is -0.148. The second kappa shape index (κ2) is 11.1. The van der Waals surface area contributed by atoms with Crippen LogP contribution in [0.5, 0.6) is 5.75 Å². The van der Waals surface area contributed by atoms with E-state index in [0.29, 0.717) is 16.8 Å². The van der Waals surface area contributed by atoms with Gasteiger partial charge in [0.2, 0.25) is 5.78 Å². The van der Waals surface area contributed by atoms with Crippen LogP contribution in [-0.4, -0.2) is 95.0 Å². The summed E-state index contributed by atoms with van der Waals surface area (Å²) in [5.74, 6) is -7.17. The van der Waals surface area contributed by atoms with Crippen LogP contribution in [-0.2, 0) is 16.0 Å². The average molecular weight is 605 g/mol. The number of aromatic hydroxyl groups is 1. The van der Waals surface area contributed by atoms with Crippen molar-refractivity contribution in [1.29, 1.82) is 0 Å². The number of Topliss-reactive ketones (excluding diaryl/α,β-unsaturated/α-hetero) is 3. The van der Waals surface area contributed by atoms with Gasteiger partial charge in [0.1, 0.15) is 22.8 Å². The molecule has 0 fully saturated rings. The Morgan fingerprint density at radius 1 is 1.07 bits per heavy atom. The van der Waals surface area contributed by atoms with Crippen molar-refractivity contribution in [2.75, 3.05) is 45.0 Å². The number of fused-ring (bicyclic) bond motifs is 3. The summed E-state index contributed by atoms with van der Waals surface area (Å²) in [4.78, 5) is 55.7. The highest BCUT2D eigenvalue weighted by Gasteiger charge is 2.63. The molecule has 0 saturated carbocycles. The van der Waals surface area contributed by atoms with Gasteiger partial charge in [-0.2, -0.15) is 0 Å². The number of anilines is 2. The third-order valence-corrected chi connectivity index (χ3v) is 8.94. The molecular formula is C32H36N4O8. The maximum absolute atomic E-state index is 14.1. The van der Waals surface area contributed by atoms with Gasteiger partial charge in [-0.25, -0.2) is 0 Å². The summed E-state index contributed by atoms with van der Waals surface area (Å²) in [6.07, 6.45) is 0.287. The fraction of sp³-hybridized carbons (Fsp3) is 0.375. The fourth-order valence-corrected chi connectivity index (χ4v) is 6.91. The smallest absolute Gasteiger partial charge is 0.255 e. The summed E-state index contributed by atoms with van der Waals surface area (Å²) in [6.45, 7) is 0.158. The minimum atomic E-state index is -2.71. The molecule has 4 atom stereocenters. The molecule has 0 saturated heterocycles. The van der Waals surface area contributed by atoms with Gasteiger partial charge >= 0.3 is 0 Å². The molecule has 3 aliphatic carbocycles. The quantitative estimate of drug-likeness (QED) is 0.146. The molecule has 0 radical (unpaired) electrons. The zero-order chi connectivity index (χ0) is 32.2. The molecule has 0 aliphatic heterocycles. The number of ketones is 3. The van der Waals surface area contributed by atoms with Crippen molar-refractivity contribution in [1.82, 2.24) is 4.90 Å². The number of carbonyl (C=O) groups excluding carboxylic acids is 4. The number of aliphatic hydroxyl groups excluding tert-OH is 2. The van der Waals surface area contributed by atoms with Crippen LogP contribution in [0.2, 0.25) is 0 Å². The van der Waals surface area contributed by atoms with Crippen molar-refractivity contribution in [3.05, 3.63) is 75.8 Å². The predicted octanol–water partition coefficient (Wildman–Crippen LogP) is 1.87. The summed E-state index contributed by atoms with van der Waals surface area (Å²) >= 11 is 0. The number of aliphatic hydroxyl groups is 3. The molecule has 7 N–H and O–H groups in total. The Kier molecular flexibility index (Phi) is 7.77. The largest absolute Gasteiger partial charge is 0.510 e. The van der Waals surface area contributed by atoms with Gasteiger partial charge in [-0.05, 0) is 44.5 Å². The Labute approximate surface area is 254 Å². The number of carbonyl (C=O) groups is 4. The second-order valence-corrected chi connectivity index (χ2v) is 12.0. The number of rotatable bonds is 8. The minimum absolute atomic E-state index is 0.000983. The fourth-order valence-electron chi connectivity index (χ4n) is 6.91. The lowest BCUT2D eigenvalue weighted by Crippen LogP contribution is -2.63. The zero-order valence-corrected chi connectivity index (χ0v) is 24.9. The van der Waals surface area contributed by atoms with Crippen LogP contribution in [0.25, 0.3) is 0 Å². The lowest BCUT2D eigenvalue weighted by atomic mass is 9.58. The molecule has 12 heteroatoms. The van der Waals surface area contributed by atoms with E-state index < -0.39 is 63.8 Å². The Morgan fingerprint density at radius 2 is 1.73 bits per heavy atom. The molecule has 2 aromatic carbocycles. The van der Waals surface area contributed by atoms with Crippen molar-refractivity contribution in [2.45, 2.75) is 30.9 Å². The molecule has 12 nitrogen and oxygen atoms in total. The number of allylic oxidation sites excluding steroid dienone is 1. The van der Waals surface area contributed by atoms with Gasteiger partial charge < -0.3 is 36.4 Å². The molecule has 0 spiro atoms. The molecule has 0 aromatic heterocycles. The number of nitrogens with zero attached hydrogens (tertiary/aromatic N) is 2. The number of benzene rings is 2. The van der Waals surface area contributed by atoms with E-state index in [4.69, 9.17) is 5.73 Å². The van der Waals surface area contributed by atoms with Gasteiger partial charge in [0, 0.05) is 49.8 Å². The maximum Gasteiger partial charge on any atom is 0.255 e. The maximum atomic E-state index is 14.1. The number of likely N-dealkylation sites (N-methyl/N-ethyl adjacent to an activating group) is 1. The van der Waals surface area contributed by atoms with Crippen molar-refractivity contribution in [3.63, 3.8) is 0 Å². The van der Waals surface area contributed by atoms with Gasteiger partial charge in [-0.15, -0.1) is 0 Å². The standard InChI is InChI=1S/C32H36N4O8/c1-35(2)20-14-19(34-11-10-21(37)15-8-6-5-7-9-15)26(38)23-17(20)12-16-13-18-25(36(3)4)28(40)24(31(33)43)30(42)32(18,44)29(41)22(16)27(23)39/h5-9,14,16,18,25,34,38,40-41,44H,10-13H2,1-4H3,(H2,33,43)/t16-,18-,25-,32-/m0/s1. The van der Waals surface area contributed by atoms with Crippen molar-refractivity contribution in [3.8, 4) is 5.75 Å². The van der Waals surface area contributed by atoms with E-state index in [1.807, 2.05) is 6.07 Å². The number of phenols is 1. The van der Waals surface area contributed by atoms with Crippen molar-refractivity contribution < 1.29 is 39.6 Å². The van der Waals surface area contributed by atoms with E-state index in [9.17, 15) is 39.6 Å². The first kappa shape index (κ1) is 30.8. The van der Waals surface area contributed by atoms with Crippen LogP contribution >= 0.6 is 0 Å². The normalized spacial score (nSPS) is 24.5. The average Bonchev–Trinajstić information content (AvgIpc) is 2.96. The summed E-state index contributed by atoms with van der Waals surface area (Å²) in [7, 11) is 6.71. The molecule has 44 heavy (non-hydrogen) atoms. The van der Waals surface area contributed by atoms with Gasteiger partial charge in [0.15, 0.2) is 17.2 Å². The number of phenolic OH excluding ortho intramolecular Hbond substituents is 1. The van der Waals surface area contributed by atoms with E-state index in [1.165, 1.54) is 4.90 Å². The molecule has 5 rings (SSSR count).